The van der Waals surface area contributed by atoms with E-state index in [4.69, 9.17) is 11.6 Å². The van der Waals surface area contributed by atoms with Gasteiger partial charge < -0.3 is 0 Å². The van der Waals surface area contributed by atoms with Crippen LogP contribution in [0.15, 0.2) is 47.6 Å². The molecule has 0 bridgehead atoms. The summed E-state index contributed by atoms with van der Waals surface area (Å²) in [4.78, 5) is 12.0. The lowest BCUT2D eigenvalue weighted by molar-refractivity contribution is -0.130. The Bertz CT molecular complexity index is 1020. The van der Waals surface area contributed by atoms with Gasteiger partial charge >= 0.3 is 0 Å². The van der Waals surface area contributed by atoms with Crippen LogP contribution in [0.25, 0.3) is 0 Å². The third kappa shape index (κ3) is 4.28. The van der Waals surface area contributed by atoms with Gasteiger partial charge in [0.2, 0.25) is 15.9 Å². The van der Waals surface area contributed by atoms with E-state index in [9.17, 15) is 17.6 Å². The highest BCUT2D eigenvalue weighted by Gasteiger charge is 2.34. The first-order valence-corrected chi connectivity index (χ1v) is 10.3. The molecule has 1 amide bonds. The quantitative estimate of drug-likeness (QED) is 0.838. The van der Waals surface area contributed by atoms with Crippen LogP contribution in [0.3, 0.4) is 0 Å². The number of carbonyl (C=O) groups excluding carboxylic acids is 1. The number of amides is 1. The molecule has 142 valence electrons. The molecule has 0 saturated carbocycles. The van der Waals surface area contributed by atoms with Crippen LogP contribution < -0.4 is 4.72 Å². The van der Waals surface area contributed by atoms with Crippen LogP contribution in [0.2, 0.25) is 5.02 Å². The topological polar surface area (TPSA) is 78.8 Å². The SMILES string of the molecule is CC(=O)N1N=C(c2cccc(NS(C)(=O)=O)c2)C[C@@H]1c1c(F)cccc1Cl. The van der Waals surface area contributed by atoms with Crippen molar-refractivity contribution < 1.29 is 17.6 Å². The summed E-state index contributed by atoms with van der Waals surface area (Å²) in [5.74, 6) is -0.859. The molecule has 1 aliphatic heterocycles. The number of nitrogens with one attached hydrogen (secondary N) is 1. The zero-order valence-corrected chi connectivity index (χ0v) is 16.2. The number of benzene rings is 2. The van der Waals surface area contributed by atoms with Crippen molar-refractivity contribution in [3.63, 3.8) is 0 Å². The minimum Gasteiger partial charge on any atom is -0.284 e. The normalized spacial score (nSPS) is 17.0. The summed E-state index contributed by atoms with van der Waals surface area (Å²) in [6.07, 6.45) is 1.31. The molecule has 0 aromatic heterocycles. The van der Waals surface area contributed by atoms with Gasteiger partial charge in [-0.3, -0.25) is 9.52 Å². The number of hydrogen-bond acceptors (Lipinski definition) is 4. The summed E-state index contributed by atoms with van der Waals surface area (Å²) in [6.45, 7) is 1.34. The number of anilines is 1. The highest BCUT2D eigenvalue weighted by molar-refractivity contribution is 7.92. The number of hydrogen-bond donors (Lipinski definition) is 1. The summed E-state index contributed by atoms with van der Waals surface area (Å²) in [6, 6.07) is 10.3. The average Bonchev–Trinajstić information content (AvgIpc) is 2.98. The summed E-state index contributed by atoms with van der Waals surface area (Å²) in [5, 5.41) is 5.76. The van der Waals surface area contributed by atoms with Crippen molar-refractivity contribution in [1.29, 1.82) is 0 Å². The molecule has 9 heteroatoms. The number of sulfonamides is 1. The molecule has 0 radical (unpaired) electrons. The van der Waals surface area contributed by atoms with Gasteiger partial charge in [0.05, 0.1) is 18.0 Å². The number of rotatable bonds is 4. The maximum absolute atomic E-state index is 14.4. The van der Waals surface area contributed by atoms with Crippen LogP contribution in [-0.4, -0.2) is 31.3 Å². The Hall–Kier alpha value is -2.45. The molecule has 1 heterocycles. The fraction of sp³-hybridized carbons (Fsp3) is 0.222. The Kier molecular flexibility index (Phi) is 5.21. The van der Waals surface area contributed by atoms with Gasteiger partial charge in [0.15, 0.2) is 0 Å². The highest BCUT2D eigenvalue weighted by atomic mass is 35.5. The second-order valence-electron chi connectivity index (χ2n) is 6.22. The van der Waals surface area contributed by atoms with Gasteiger partial charge in [0.1, 0.15) is 5.82 Å². The molecule has 3 rings (SSSR count). The highest BCUT2D eigenvalue weighted by Crippen LogP contribution is 2.38. The Morgan fingerprint density at radius 2 is 2.00 bits per heavy atom. The van der Waals surface area contributed by atoms with Gasteiger partial charge in [-0.2, -0.15) is 5.10 Å². The van der Waals surface area contributed by atoms with E-state index in [1.165, 1.54) is 24.1 Å². The first kappa shape index (κ1) is 19.3. The Labute approximate surface area is 161 Å². The maximum Gasteiger partial charge on any atom is 0.240 e. The number of carbonyl (C=O) groups is 1. The zero-order valence-electron chi connectivity index (χ0n) is 14.6. The van der Waals surface area contributed by atoms with Crippen LogP contribution in [0.1, 0.15) is 30.5 Å². The van der Waals surface area contributed by atoms with E-state index in [0.717, 1.165) is 6.26 Å². The molecule has 1 atom stereocenters. The van der Waals surface area contributed by atoms with Crippen molar-refractivity contribution in [2.75, 3.05) is 11.0 Å². The lowest BCUT2D eigenvalue weighted by atomic mass is 9.97. The molecule has 0 saturated heterocycles. The standard InChI is InChI=1S/C18H17ClFN3O3S/c1-11(24)23-17(18-14(19)7-4-8-15(18)20)10-16(21-23)12-5-3-6-13(9-12)22-27(2,25)26/h3-9,17,22H,10H2,1-2H3/t17-/m1/s1. The van der Waals surface area contributed by atoms with Crippen LogP contribution in [0, 0.1) is 5.82 Å². The second kappa shape index (κ2) is 7.28. The van der Waals surface area contributed by atoms with E-state index in [-0.39, 0.29) is 22.9 Å². The molecule has 2 aromatic carbocycles. The molecule has 0 unspecified atom stereocenters. The fourth-order valence-electron chi connectivity index (χ4n) is 3.01. The van der Waals surface area contributed by atoms with E-state index in [0.29, 0.717) is 17.0 Å². The van der Waals surface area contributed by atoms with Crippen molar-refractivity contribution in [3.8, 4) is 0 Å². The van der Waals surface area contributed by atoms with Gasteiger partial charge in [-0.1, -0.05) is 29.8 Å². The van der Waals surface area contributed by atoms with Crippen LogP contribution >= 0.6 is 11.6 Å². The molecule has 0 aliphatic carbocycles. The molecule has 1 N–H and O–H groups in total. The third-order valence-electron chi connectivity index (χ3n) is 4.06. The van der Waals surface area contributed by atoms with Gasteiger partial charge in [0.25, 0.3) is 0 Å². The first-order chi connectivity index (χ1) is 12.7. The smallest absolute Gasteiger partial charge is 0.240 e. The summed E-state index contributed by atoms with van der Waals surface area (Å²) in [7, 11) is -3.43. The van der Waals surface area contributed by atoms with Gasteiger partial charge in [-0.15, -0.1) is 0 Å². The van der Waals surface area contributed by atoms with Crippen LogP contribution in [0.4, 0.5) is 10.1 Å². The van der Waals surface area contributed by atoms with Crippen molar-refractivity contribution in [3.05, 3.63) is 64.4 Å². The first-order valence-electron chi connectivity index (χ1n) is 8.05. The predicted octanol–water partition coefficient (Wildman–Crippen LogP) is 3.55. The molecular formula is C18H17ClFN3O3S. The Morgan fingerprint density at radius 3 is 2.63 bits per heavy atom. The summed E-state index contributed by atoms with van der Waals surface area (Å²) >= 11 is 6.17. The number of hydrazone groups is 1. The predicted molar refractivity (Wildman–Crippen MR) is 103 cm³/mol. The van der Waals surface area contributed by atoms with Gasteiger partial charge in [-0.25, -0.2) is 17.8 Å². The third-order valence-corrected chi connectivity index (χ3v) is 5.00. The van der Waals surface area contributed by atoms with Crippen molar-refractivity contribution in [2.45, 2.75) is 19.4 Å². The van der Waals surface area contributed by atoms with Gasteiger partial charge in [-0.05, 0) is 29.8 Å². The minimum absolute atomic E-state index is 0.207. The zero-order chi connectivity index (χ0) is 19.8. The summed E-state index contributed by atoms with van der Waals surface area (Å²) in [5.41, 5.74) is 1.74. The Morgan fingerprint density at radius 1 is 1.30 bits per heavy atom. The molecule has 27 heavy (non-hydrogen) atoms. The lowest BCUT2D eigenvalue weighted by Gasteiger charge is -2.21. The number of nitrogens with zero attached hydrogens (tertiary/aromatic N) is 2. The second-order valence-corrected chi connectivity index (χ2v) is 8.38. The fourth-order valence-corrected chi connectivity index (χ4v) is 3.85. The van der Waals surface area contributed by atoms with Crippen molar-refractivity contribution >= 4 is 38.9 Å². The molecule has 1 aliphatic rings. The maximum atomic E-state index is 14.4. The summed E-state index contributed by atoms with van der Waals surface area (Å²) < 4.78 is 39.6. The molecule has 0 fully saturated rings. The van der Waals surface area contributed by atoms with Gasteiger partial charge in [0, 0.05) is 29.6 Å². The lowest BCUT2D eigenvalue weighted by Crippen LogP contribution is -2.25. The molecule has 6 nitrogen and oxygen atoms in total. The average molecular weight is 410 g/mol. The Balaban J connectivity index is 1.98. The monoisotopic (exact) mass is 409 g/mol. The van der Waals surface area contributed by atoms with Crippen molar-refractivity contribution in [2.24, 2.45) is 5.10 Å². The van der Waals surface area contributed by atoms with E-state index < -0.39 is 21.9 Å². The van der Waals surface area contributed by atoms with E-state index >= 15 is 0 Å². The van der Waals surface area contributed by atoms with Crippen molar-refractivity contribution in [1.82, 2.24) is 5.01 Å². The van der Waals surface area contributed by atoms with E-state index in [2.05, 4.69) is 9.82 Å². The van der Waals surface area contributed by atoms with Crippen LogP contribution in [-0.2, 0) is 14.8 Å². The molecular weight excluding hydrogens is 393 g/mol. The van der Waals surface area contributed by atoms with Crippen LogP contribution in [0.5, 0.6) is 0 Å². The largest absolute Gasteiger partial charge is 0.284 e. The molecule has 2 aromatic rings. The number of halogens is 2. The van der Waals surface area contributed by atoms with E-state index in [1.54, 1.807) is 30.3 Å². The molecule has 0 spiro atoms. The van der Waals surface area contributed by atoms with E-state index in [1.807, 2.05) is 0 Å². The minimum atomic E-state index is -3.43.